The van der Waals surface area contributed by atoms with E-state index in [9.17, 15) is 4.79 Å². The Balaban J connectivity index is 2.17. The summed E-state index contributed by atoms with van der Waals surface area (Å²) in [7, 11) is 0. The summed E-state index contributed by atoms with van der Waals surface area (Å²) in [6, 6.07) is 10.3. The van der Waals surface area contributed by atoms with Gasteiger partial charge in [0.2, 0.25) is 0 Å². The minimum atomic E-state index is -0.199. The highest BCUT2D eigenvalue weighted by Crippen LogP contribution is 2.16. The molecular formula is C12H8BrClN2O. The second kappa shape index (κ2) is 5.29. The minimum Gasteiger partial charge on any atom is -0.322 e. The van der Waals surface area contributed by atoms with Gasteiger partial charge < -0.3 is 5.32 Å². The zero-order chi connectivity index (χ0) is 12.3. The Morgan fingerprint density at radius 1 is 1.29 bits per heavy atom. The van der Waals surface area contributed by atoms with Crippen molar-refractivity contribution in [2.24, 2.45) is 0 Å². The molecule has 0 spiro atoms. The standard InChI is InChI=1S/C12H8BrClN2O/c13-11-6-8(4-5-15-11)12(17)16-10-3-1-2-9(14)7-10/h1-7H,(H,16,17). The van der Waals surface area contributed by atoms with E-state index in [0.717, 1.165) is 0 Å². The van der Waals surface area contributed by atoms with Gasteiger partial charge in [-0.15, -0.1) is 0 Å². The average molecular weight is 312 g/mol. The molecule has 0 atom stereocenters. The lowest BCUT2D eigenvalue weighted by molar-refractivity contribution is 0.102. The van der Waals surface area contributed by atoms with E-state index < -0.39 is 0 Å². The zero-order valence-electron chi connectivity index (χ0n) is 8.65. The molecule has 1 N–H and O–H groups in total. The Bertz CT molecular complexity index is 560. The molecule has 86 valence electrons. The Kier molecular flexibility index (Phi) is 3.76. The number of rotatable bonds is 2. The summed E-state index contributed by atoms with van der Waals surface area (Å²) < 4.78 is 0.622. The topological polar surface area (TPSA) is 42.0 Å². The Morgan fingerprint density at radius 3 is 2.82 bits per heavy atom. The minimum absolute atomic E-state index is 0.199. The lowest BCUT2D eigenvalue weighted by atomic mass is 10.2. The summed E-state index contributed by atoms with van der Waals surface area (Å²) in [6.45, 7) is 0. The first-order valence-corrected chi connectivity index (χ1v) is 6.01. The van der Waals surface area contributed by atoms with Gasteiger partial charge in [-0.2, -0.15) is 0 Å². The molecule has 1 heterocycles. The molecule has 0 fully saturated rings. The van der Waals surface area contributed by atoms with Crippen LogP contribution in [0.15, 0.2) is 47.2 Å². The molecule has 0 unspecified atom stereocenters. The first kappa shape index (κ1) is 12.1. The third-order valence-electron chi connectivity index (χ3n) is 2.07. The SMILES string of the molecule is O=C(Nc1cccc(Cl)c1)c1ccnc(Br)c1. The van der Waals surface area contributed by atoms with E-state index >= 15 is 0 Å². The van der Waals surface area contributed by atoms with Gasteiger partial charge in [0.1, 0.15) is 4.60 Å². The van der Waals surface area contributed by atoms with E-state index in [0.29, 0.717) is 20.9 Å². The number of hydrogen-bond acceptors (Lipinski definition) is 2. The molecule has 3 nitrogen and oxygen atoms in total. The molecule has 0 aliphatic carbocycles. The molecule has 0 saturated carbocycles. The fraction of sp³-hybridized carbons (Fsp3) is 0. The molecule has 1 amide bonds. The summed E-state index contributed by atoms with van der Waals surface area (Å²) in [5, 5.41) is 3.34. The highest BCUT2D eigenvalue weighted by Gasteiger charge is 2.06. The maximum absolute atomic E-state index is 11.9. The molecule has 0 saturated heterocycles. The van der Waals surface area contributed by atoms with Gasteiger partial charge in [-0.05, 0) is 46.3 Å². The maximum Gasteiger partial charge on any atom is 0.255 e. The van der Waals surface area contributed by atoms with E-state index in [1.165, 1.54) is 0 Å². The summed E-state index contributed by atoms with van der Waals surface area (Å²) >= 11 is 9.05. The third kappa shape index (κ3) is 3.28. The van der Waals surface area contributed by atoms with Gasteiger partial charge in [0.05, 0.1) is 0 Å². The van der Waals surface area contributed by atoms with Crippen LogP contribution in [0.2, 0.25) is 5.02 Å². The number of carbonyl (C=O) groups is 1. The predicted molar refractivity (Wildman–Crippen MR) is 71.3 cm³/mol. The second-order valence-corrected chi connectivity index (χ2v) is 4.58. The maximum atomic E-state index is 11.9. The molecule has 17 heavy (non-hydrogen) atoms. The van der Waals surface area contributed by atoms with Crippen molar-refractivity contribution in [3.8, 4) is 0 Å². The van der Waals surface area contributed by atoms with Crippen LogP contribution in [0, 0.1) is 0 Å². The normalized spacial score (nSPS) is 10.0. The van der Waals surface area contributed by atoms with Crippen molar-refractivity contribution in [1.29, 1.82) is 0 Å². The largest absolute Gasteiger partial charge is 0.322 e. The highest BCUT2D eigenvalue weighted by molar-refractivity contribution is 9.10. The summed E-state index contributed by atoms with van der Waals surface area (Å²) in [5.41, 5.74) is 1.20. The van der Waals surface area contributed by atoms with Gasteiger partial charge in [-0.25, -0.2) is 4.98 Å². The van der Waals surface area contributed by atoms with Gasteiger partial charge in [0, 0.05) is 22.5 Å². The van der Waals surface area contributed by atoms with Gasteiger partial charge in [-0.3, -0.25) is 4.79 Å². The molecule has 2 rings (SSSR count). The van der Waals surface area contributed by atoms with Crippen LogP contribution in [-0.2, 0) is 0 Å². The lowest BCUT2D eigenvalue weighted by Gasteiger charge is -2.05. The zero-order valence-corrected chi connectivity index (χ0v) is 11.0. The molecule has 0 aliphatic rings. The number of pyridine rings is 1. The first-order chi connectivity index (χ1) is 8.15. The lowest BCUT2D eigenvalue weighted by Crippen LogP contribution is -2.11. The number of aromatic nitrogens is 1. The van der Waals surface area contributed by atoms with E-state index in [1.54, 1.807) is 42.6 Å². The van der Waals surface area contributed by atoms with Gasteiger partial charge in [-0.1, -0.05) is 17.7 Å². The number of halogens is 2. The Labute approximate surface area is 112 Å². The monoisotopic (exact) mass is 310 g/mol. The van der Waals surface area contributed by atoms with Crippen LogP contribution in [0.1, 0.15) is 10.4 Å². The van der Waals surface area contributed by atoms with Crippen molar-refractivity contribution in [3.05, 3.63) is 57.8 Å². The Hall–Kier alpha value is -1.39. The summed E-state index contributed by atoms with van der Waals surface area (Å²) in [6.07, 6.45) is 1.57. The Morgan fingerprint density at radius 2 is 2.12 bits per heavy atom. The van der Waals surface area contributed by atoms with Crippen LogP contribution in [0.4, 0.5) is 5.69 Å². The molecule has 2 aromatic rings. The molecule has 0 aliphatic heterocycles. The van der Waals surface area contributed by atoms with Crippen molar-refractivity contribution in [2.75, 3.05) is 5.32 Å². The van der Waals surface area contributed by atoms with Crippen LogP contribution < -0.4 is 5.32 Å². The van der Waals surface area contributed by atoms with Crippen LogP contribution in [-0.4, -0.2) is 10.9 Å². The molecular weight excluding hydrogens is 304 g/mol. The molecule has 5 heteroatoms. The number of amides is 1. The van der Waals surface area contributed by atoms with Gasteiger partial charge in [0.25, 0.3) is 5.91 Å². The van der Waals surface area contributed by atoms with Crippen molar-refractivity contribution in [1.82, 2.24) is 4.98 Å². The number of anilines is 1. The van der Waals surface area contributed by atoms with Crippen LogP contribution >= 0.6 is 27.5 Å². The number of hydrogen-bond donors (Lipinski definition) is 1. The van der Waals surface area contributed by atoms with Crippen LogP contribution in [0.25, 0.3) is 0 Å². The fourth-order valence-corrected chi connectivity index (χ4v) is 1.87. The second-order valence-electron chi connectivity index (χ2n) is 3.33. The predicted octanol–water partition coefficient (Wildman–Crippen LogP) is 3.75. The van der Waals surface area contributed by atoms with Crippen LogP contribution in [0.5, 0.6) is 0 Å². The van der Waals surface area contributed by atoms with Gasteiger partial charge in [0.15, 0.2) is 0 Å². The van der Waals surface area contributed by atoms with Crippen LogP contribution in [0.3, 0.4) is 0 Å². The smallest absolute Gasteiger partial charge is 0.255 e. The molecule has 0 bridgehead atoms. The fourth-order valence-electron chi connectivity index (χ4n) is 1.31. The number of nitrogens with zero attached hydrogens (tertiary/aromatic N) is 1. The van der Waals surface area contributed by atoms with Gasteiger partial charge >= 0.3 is 0 Å². The summed E-state index contributed by atoms with van der Waals surface area (Å²) in [4.78, 5) is 15.8. The van der Waals surface area contributed by atoms with E-state index in [1.807, 2.05) is 0 Å². The van der Waals surface area contributed by atoms with Crippen molar-refractivity contribution in [2.45, 2.75) is 0 Å². The first-order valence-electron chi connectivity index (χ1n) is 4.83. The van der Waals surface area contributed by atoms with E-state index in [4.69, 9.17) is 11.6 Å². The summed E-state index contributed by atoms with van der Waals surface area (Å²) in [5.74, 6) is -0.199. The quantitative estimate of drug-likeness (QED) is 0.858. The number of nitrogens with one attached hydrogen (secondary N) is 1. The van der Waals surface area contributed by atoms with E-state index in [-0.39, 0.29) is 5.91 Å². The van der Waals surface area contributed by atoms with Crippen molar-refractivity contribution >= 4 is 39.1 Å². The van der Waals surface area contributed by atoms with Crippen molar-refractivity contribution in [3.63, 3.8) is 0 Å². The average Bonchev–Trinajstić information content (AvgIpc) is 2.29. The molecule has 0 radical (unpaired) electrons. The highest BCUT2D eigenvalue weighted by atomic mass is 79.9. The molecule has 1 aromatic heterocycles. The number of carbonyl (C=O) groups excluding carboxylic acids is 1. The third-order valence-corrected chi connectivity index (χ3v) is 2.74. The van der Waals surface area contributed by atoms with Crippen molar-refractivity contribution < 1.29 is 4.79 Å². The van der Waals surface area contributed by atoms with E-state index in [2.05, 4.69) is 26.2 Å². The number of benzene rings is 1. The molecule has 1 aromatic carbocycles.